The average Bonchev–Trinajstić information content (AvgIpc) is 2.42. The van der Waals surface area contributed by atoms with E-state index >= 15 is 0 Å². The lowest BCUT2D eigenvalue weighted by Crippen LogP contribution is -2.46. The number of carbonyl (C=O) groups excluding carboxylic acids is 1. The van der Waals surface area contributed by atoms with Crippen LogP contribution in [-0.4, -0.2) is 43.4 Å². The molecule has 0 aromatic heterocycles. The molecule has 8 heteroatoms. The summed E-state index contributed by atoms with van der Waals surface area (Å²) < 4.78 is 22.1. The van der Waals surface area contributed by atoms with E-state index in [9.17, 15) is 18.0 Å². The van der Waals surface area contributed by atoms with Gasteiger partial charge in [-0.05, 0) is 13.0 Å². The van der Waals surface area contributed by atoms with Gasteiger partial charge >= 0.3 is 12.0 Å². The minimum absolute atomic E-state index is 0.159. The molecule has 0 spiro atoms. The van der Waals surface area contributed by atoms with Crippen LogP contribution >= 0.6 is 0 Å². The third-order valence-electron chi connectivity index (χ3n) is 2.10. The summed E-state index contributed by atoms with van der Waals surface area (Å²) in [6, 6.07) is -1.66. The summed E-state index contributed by atoms with van der Waals surface area (Å²) >= 11 is 0. The zero-order valence-electron chi connectivity index (χ0n) is 9.21. The third-order valence-corrected chi connectivity index (χ3v) is 3.50. The van der Waals surface area contributed by atoms with Crippen LogP contribution in [0.25, 0.3) is 0 Å². The molecule has 1 aliphatic rings. The van der Waals surface area contributed by atoms with E-state index in [0.717, 1.165) is 5.41 Å². The molecule has 3 N–H and O–H groups in total. The Labute approximate surface area is 98.8 Å². The highest BCUT2D eigenvalue weighted by Gasteiger charge is 2.23. The minimum Gasteiger partial charge on any atom is -0.481 e. The molecule has 7 nitrogen and oxygen atoms in total. The second kappa shape index (κ2) is 5.17. The summed E-state index contributed by atoms with van der Waals surface area (Å²) in [5.74, 6) is -1.17. The highest BCUT2D eigenvalue weighted by Crippen LogP contribution is 2.07. The van der Waals surface area contributed by atoms with E-state index in [4.69, 9.17) is 5.11 Å². The smallest absolute Gasteiger partial charge is 0.315 e. The molecule has 2 unspecified atom stereocenters. The molecular weight excluding hydrogens is 248 g/mol. The fourth-order valence-electron chi connectivity index (χ4n) is 1.41. The molecule has 0 bridgehead atoms. The van der Waals surface area contributed by atoms with Crippen molar-refractivity contribution in [3.05, 3.63) is 11.5 Å². The molecule has 1 aliphatic heterocycles. The van der Waals surface area contributed by atoms with Crippen molar-refractivity contribution in [2.45, 2.75) is 25.4 Å². The molecule has 17 heavy (non-hydrogen) atoms. The van der Waals surface area contributed by atoms with Crippen LogP contribution in [0.3, 0.4) is 0 Å². The van der Waals surface area contributed by atoms with E-state index in [0.29, 0.717) is 0 Å². The van der Waals surface area contributed by atoms with Crippen LogP contribution in [-0.2, 0) is 14.6 Å². The van der Waals surface area contributed by atoms with Gasteiger partial charge in [0.05, 0.1) is 18.2 Å². The largest absolute Gasteiger partial charge is 0.481 e. The van der Waals surface area contributed by atoms with Crippen molar-refractivity contribution in [1.29, 1.82) is 0 Å². The SMILES string of the molecule is CC(CC(=O)O)NC(=O)NC1C=CS(=O)(=O)C1. The van der Waals surface area contributed by atoms with Crippen LogP contribution in [0, 0.1) is 0 Å². The van der Waals surface area contributed by atoms with E-state index in [1.165, 1.54) is 6.08 Å². The van der Waals surface area contributed by atoms with Gasteiger partial charge in [0.15, 0.2) is 9.84 Å². The number of rotatable bonds is 4. The predicted octanol–water partition coefficient (Wildman–Crippen LogP) is -0.540. The molecule has 0 saturated heterocycles. The summed E-state index contributed by atoms with van der Waals surface area (Å²) in [5, 5.41) is 14.4. The first-order valence-electron chi connectivity index (χ1n) is 4.98. The number of urea groups is 1. The number of aliphatic carboxylic acids is 1. The van der Waals surface area contributed by atoms with Crippen LogP contribution in [0.4, 0.5) is 4.79 Å². The molecule has 0 aliphatic carbocycles. The van der Waals surface area contributed by atoms with Gasteiger partial charge in [-0.25, -0.2) is 13.2 Å². The lowest BCUT2D eigenvalue weighted by molar-refractivity contribution is -0.137. The summed E-state index contributed by atoms with van der Waals surface area (Å²) in [7, 11) is -3.21. The van der Waals surface area contributed by atoms with E-state index in [1.54, 1.807) is 6.92 Å². The van der Waals surface area contributed by atoms with Crippen LogP contribution in [0.5, 0.6) is 0 Å². The maximum atomic E-state index is 11.4. The molecule has 96 valence electrons. The zero-order chi connectivity index (χ0) is 13.1. The lowest BCUT2D eigenvalue weighted by Gasteiger charge is -2.15. The van der Waals surface area contributed by atoms with Gasteiger partial charge in [0, 0.05) is 11.4 Å². The zero-order valence-corrected chi connectivity index (χ0v) is 10.0. The van der Waals surface area contributed by atoms with Crippen LogP contribution < -0.4 is 10.6 Å². The summed E-state index contributed by atoms with van der Waals surface area (Å²) in [6.07, 6.45) is 1.20. The molecule has 0 aromatic carbocycles. The molecule has 0 fully saturated rings. The number of carboxylic acid groups (broad SMARTS) is 1. The number of carboxylic acids is 1. The van der Waals surface area contributed by atoms with Crippen molar-refractivity contribution in [2.75, 3.05) is 5.75 Å². The van der Waals surface area contributed by atoms with Crippen molar-refractivity contribution in [1.82, 2.24) is 10.6 Å². The first-order valence-corrected chi connectivity index (χ1v) is 6.70. The molecular formula is C9H14N2O5S. The van der Waals surface area contributed by atoms with Crippen molar-refractivity contribution in [3.63, 3.8) is 0 Å². The van der Waals surface area contributed by atoms with Gasteiger partial charge in [-0.1, -0.05) is 0 Å². The first kappa shape index (κ1) is 13.5. The number of hydrogen-bond donors (Lipinski definition) is 3. The van der Waals surface area contributed by atoms with E-state index < -0.39 is 33.9 Å². The molecule has 1 rings (SSSR count). The maximum absolute atomic E-state index is 11.4. The van der Waals surface area contributed by atoms with Crippen molar-refractivity contribution < 1.29 is 23.1 Å². The number of carbonyl (C=O) groups is 2. The highest BCUT2D eigenvalue weighted by molar-refractivity contribution is 7.94. The van der Waals surface area contributed by atoms with Gasteiger partial charge in [0.1, 0.15) is 0 Å². The number of nitrogens with one attached hydrogen (secondary N) is 2. The Morgan fingerprint density at radius 1 is 1.53 bits per heavy atom. The normalized spacial score (nSPS) is 23.0. The monoisotopic (exact) mass is 262 g/mol. The second-order valence-corrected chi connectivity index (χ2v) is 5.81. The molecule has 0 radical (unpaired) electrons. The Balaban J connectivity index is 2.36. The number of amides is 2. The predicted molar refractivity (Wildman–Crippen MR) is 60.1 cm³/mol. The quantitative estimate of drug-likeness (QED) is 0.629. The van der Waals surface area contributed by atoms with Gasteiger partial charge < -0.3 is 15.7 Å². The summed E-state index contributed by atoms with van der Waals surface area (Å²) in [5.41, 5.74) is 0. The minimum atomic E-state index is -3.21. The average molecular weight is 262 g/mol. The molecule has 1 heterocycles. The maximum Gasteiger partial charge on any atom is 0.315 e. The van der Waals surface area contributed by atoms with E-state index in [-0.39, 0.29) is 12.2 Å². The van der Waals surface area contributed by atoms with Gasteiger partial charge in [-0.2, -0.15) is 0 Å². The van der Waals surface area contributed by atoms with Gasteiger partial charge in [0.25, 0.3) is 0 Å². The van der Waals surface area contributed by atoms with E-state index in [1.807, 2.05) is 0 Å². The molecule has 2 amide bonds. The van der Waals surface area contributed by atoms with Crippen LogP contribution in [0.15, 0.2) is 11.5 Å². The van der Waals surface area contributed by atoms with Crippen molar-refractivity contribution in [2.24, 2.45) is 0 Å². The lowest BCUT2D eigenvalue weighted by atomic mass is 10.2. The molecule has 0 saturated carbocycles. The summed E-state index contributed by atoms with van der Waals surface area (Å²) in [6.45, 7) is 1.55. The Kier molecular flexibility index (Phi) is 4.11. The fraction of sp³-hybridized carbons (Fsp3) is 0.556. The second-order valence-electron chi connectivity index (χ2n) is 3.88. The Bertz CT molecular complexity index is 442. The molecule has 0 aromatic rings. The van der Waals surface area contributed by atoms with Crippen LogP contribution in [0.2, 0.25) is 0 Å². The van der Waals surface area contributed by atoms with Gasteiger partial charge in [-0.15, -0.1) is 0 Å². The highest BCUT2D eigenvalue weighted by atomic mass is 32.2. The first-order chi connectivity index (χ1) is 7.78. The van der Waals surface area contributed by atoms with Gasteiger partial charge in [0.2, 0.25) is 0 Å². The third kappa shape index (κ3) is 4.85. The fourth-order valence-corrected chi connectivity index (χ4v) is 2.65. The topological polar surface area (TPSA) is 113 Å². The van der Waals surface area contributed by atoms with Crippen molar-refractivity contribution in [3.8, 4) is 0 Å². The van der Waals surface area contributed by atoms with Gasteiger partial charge in [-0.3, -0.25) is 4.79 Å². The van der Waals surface area contributed by atoms with Crippen molar-refractivity contribution >= 4 is 21.8 Å². The Hall–Kier alpha value is -1.57. The Morgan fingerprint density at radius 3 is 2.65 bits per heavy atom. The molecule has 2 atom stereocenters. The Morgan fingerprint density at radius 2 is 2.18 bits per heavy atom. The standard InChI is InChI=1S/C9H14N2O5S/c1-6(4-8(12)13)10-9(14)11-7-2-3-17(15,16)5-7/h2-3,6-7H,4-5H2,1H3,(H,12,13)(H2,10,11,14). The summed E-state index contributed by atoms with van der Waals surface area (Å²) in [4.78, 5) is 21.7. The number of hydrogen-bond acceptors (Lipinski definition) is 4. The number of sulfone groups is 1. The van der Waals surface area contributed by atoms with Crippen LogP contribution in [0.1, 0.15) is 13.3 Å². The van der Waals surface area contributed by atoms with E-state index in [2.05, 4.69) is 10.6 Å².